The molecule has 1 aromatic heterocycles. The smallest absolute Gasteiger partial charge is 0.0888 e. The maximum atomic E-state index is 5.63. The number of nitrogens with zero attached hydrogens (tertiary/aromatic N) is 1. The van der Waals surface area contributed by atoms with Crippen molar-refractivity contribution in [2.24, 2.45) is 11.7 Å². The van der Waals surface area contributed by atoms with Crippen molar-refractivity contribution < 1.29 is 4.74 Å². The van der Waals surface area contributed by atoms with E-state index in [1.807, 2.05) is 18.2 Å². The molecule has 1 heterocycles. The molecular weight excluding hydrogens is 200 g/mol. The van der Waals surface area contributed by atoms with Crippen molar-refractivity contribution in [2.45, 2.75) is 39.8 Å². The van der Waals surface area contributed by atoms with Crippen LogP contribution in [0.4, 0.5) is 0 Å². The highest BCUT2D eigenvalue weighted by atomic mass is 16.5. The molecular formula is C13H22N2O. The summed E-state index contributed by atoms with van der Waals surface area (Å²) in [5, 5.41) is 0. The van der Waals surface area contributed by atoms with Gasteiger partial charge in [0.05, 0.1) is 18.0 Å². The monoisotopic (exact) mass is 222 g/mol. The minimum atomic E-state index is 0.486. The average molecular weight is 222 g/mol. The lowest BCUT2D eigenvalue weighted by Crippen LogP contribution is -2.07. The molecule has 1 unspecified atom stereocenters. The van der Waals surface area contributed by atoms with E-state index in [9.17, 15) is 0 Å². The van der Waals surface area contributed by atoms with Crippen LogP contribution in [0.3, 0.4) is 0 Å². The molecule has 0 bridgehead atoms. The van der Waals surface area contributed by atoms with E-state index in [4.69, 9.17) is 10.5 Å². The number of pyridine rings is 1. The predicted octanol–water partition coefficient (Wildman–Crippen LogP) is 2.49. The van der Waals surface area contributed by atoms with E-state index in [2.05, 4.69) is 18.8 Å². The Morgan fingerprint density at radius 3 is 2.81 bits per heavy atom. The van der Waals surface area contributed by atoms with Crippen LogP contribution in [0.2, 0.25) is 0 Å². The zero-order valence-corrected chi connectivity index (χ0v) is 10.3. The molecule has 16 heavy (non-hydrogen) atoms. The van der Waals surface area contributed by atoms with Gasteiger partial charge in [-0.3, -0.25) is 4.98 Å². The normalized spacial score (nSPS) is 12.7. The lowest BCUT2D eigenvalue weighted by Gasteiger charge is -2.10. The van der Waals surface area contributed by atoms with E-state index < -0.39 is 0 Å². The Bertz CT molecular complexity index is 302. The Labute approximate surface area is 98.0 Å². The van der Waals surface area contributed by atoms with Gasteiger partial charge in [0.1, 0.15) is 0 Å². The Kier molecular flexibility index (Phi) is 6.04. The van der Waals surface area contributed by atoms with Gasteiger partial charge in [-0.1, -0.05) is 26.3 Å². The summed E-state index contributed by atoms with van der Waals surface area (Å²) in [7, 11) is 0. The average Bonchev–Trinajstić information content (AvgIpc) is 2.30. The minimum absolute atomic E-state index is 0.486. The summed E-state index contributed by atoms with van der Waals surface area (Å²) < 4.78 is 5.63. The molecule has 0 saturated heterocycles. The molecule has 0 radical (unpaired) electrons. The summed E-state index contributed by atoms with van der Waals surface area (Å²) in [6.45, 7) is 6.29. The van der Waals surface area contributed by atoms with E-state index in [1.165, 1.54) is 12.8 Å². The molecule has 0 amide bonds. The van der Waals surface area contributed by atoms with Gasteiger partial charge in [-0.2, -0.15) is 0 Å². The molecule has 1 aromatic rings. The fourth-order valence-electron chi connectivity index (χ4n) is 1.66. The third kappa shape index (κ3) is 4.73. The fraction of sp³-hybridized carbons (Fsp3) is 0.615. The standard InChI is InChI=1S/C13H22N2O/c1-3-5-11(2)9-16-10-13-7-4-6-12(8-14)15-13/h4,6-7,11H,3,5,8-10,14H2,1-2H3. The van der Waals surface area contributed by atoms with Gasteiger partial charge in [0, 0.05) is 13.2 Å². The van der Waals surface area contributed by atoms with Crippen LogP contribution in [0, 0.1) is 5.92 Å². The molecule has 3 heteroatoms. The Morgan fingerprint density at radius 2 is 2.12 bits per heavy atom. The lowest BCUT2D eigenvalue weighted by molar-refractivity contribution is 0.0871. The van der Waals surface area contributed by atoms with Crippen molar-refractivity contribution in [3.63, 3.8) is 0 Å². The van der Waals surface area contributed by atoms with Crippen LogP contribution in [-0.4, -0.2) is 11.6 Å². The second-order valence-electron chi connectivity index (χ2n) is 4.23. The molecule has 0 spiro atoms. The highest BCUT2D eigenvalue weighted by Crippen LogP contribution is 2.07. The number of ether oxygens (including phenoxy) is 1. The maximum absolute atomic E-state index is 5.63. The van der Waals surface area contributed by atoms with Gasteiger partial charge in [0.2, 0.25) is 0 Å². The minimum Gasteiger partial charge on any atom is -0.375 e. The van der Waals surface area contributed by atoms with Crippen molar-refractivity contribution in [3.05, 3.63) is 29.6 Å². The van der Waals surface area contributed by atoms with Crippen LogP contribution in [-0.2, 0) is 17.9 Å². The molecule has 90 valence electrons. The predicted molar refractivity (Wildman–Crippen MR) is 65.9 cm³/mol. The summed E-state index contributed by atoms with van der Waals surface area (Å²) in [4.78, 5) is 4.38. The molecule has 0 saturated carbocycles. The fourth-order valence-corrected chi connectivity index (χ4v) is 1.66. The summed E-state index contributed by atoms with van der Waals surface area (Å²) in [6, 6.07) is 5.89. The van der Waals surface area contributed by atoms with Crippen molar-refractivity contribution in [2.75, 3.05) is 6.61 Å². The van der Waals surface area contributed by atoms with Crippen LogP contribution < -0.4 is 5.73 Å². The zero-order chi connectivity index (χ0) is 11.8. The van der Waals surface area contributed by atoms with E-state index in [0.29, 0.717) is 19.1 Å². The molecule has 2 N–H and O–H groups in total. The van der Waals surface area contributed by atoms with Gasteiger partial charge in [-0.15, -0.1) is 0 Å². The van der Waals surface area contributed by atoms with E-state index in [0.717, 1.165) is 18.0 Å². The highest BCUT2D eigenvalue weighted by Gasteiger charge is 2.02. The first-order valence-corrected chi connectivity index (χ1v) is 5.98. The van der Waals surface area contributed by atoms with Crippen LogP contribution >= 0.6 is 0 Å². The van der Waals surface area contributed by atoms with E-state index in [1.54, 1.807) is 0 Å². The first-order chi connectivity index (χ1) is 7.76. The quantitative estimate of drug-likeness (QED) is 0.771. The zero-order valence-electron chi connectivity index (χ0n) is 10.3. The molecule has 0 aliphatic rings. The molecule has 1 rings (SSSR count). The second-order valence-corrected chi connectivity index (χ2v) is 4.23. The number of hydrogen-bond acceptors (Lipinski definition) is 3. The Morgan fingerprint density at radius 1 is 1.38 bits per heavy atom. The van der Waals surface area contributed by atoms with Gasteiger partial charge in [0.25, 0.3) is 0 Å². The molecule has 3 nitrogen and oxygen atoms in total. The molecule has 0 aromatic carbocycles. The van der Waals surface area contributed by atoms with Crippen LogP contribution in [0.1, 0.15) is 38.1 Å². The van der Waals surface area contributed by atoms with Crippen LogP contribution in [0.5, 0.6) is 0 Å². The SMILES string of the molecule is CCCC(C)COCc1cccc(CN)n1. The maximum Gasteiger partial charge on any atom is 0.0888 e. The largest absolute Gasteiger partial charge is 0.375 e. The first-order valence-electron chi connectivity index (χ1n) is 5.98. The molecule has 0 aliphatic carbocycles. The summed E-state index contributed by atoms with van der Waals surface area (Å²) in [5.41, 5.74) is 7.42. The number of aromatic nitrogens is 1. The van der Waals surface area contributed by atoms with E-state index >= 15 is 0 Å². The summed E-state index contributed by atoms with van der Waals surface area (Å²) in [5.74, 6) is 0.627. The van der Waals surface area contributed by atoms with Crippen LogP contribution in [0.15, 0.2) is 18.2 Å². The van der Waals surface area contributed by atoms with Crippen molar-refractivity contribution in [3.8, 4) is 0 Å². The lowest BCUT2D eigenvalue weighted by atomic mass is 10.1. The highest BCUT2D eigenvalue weighted by molar-refractivity contribution is 5.10. The van der Waals surface area contributed by atoms with Gasteiger partial charge >= 0.3 is 0 Å². The third-order valence-electron chi connectivity index (χ3n) is 2.51. The van der Waals surface area contributed by atoms with Gasteiger partial charge in [-0.25, -0.2) is 0 Å². The summed E-state index contributed by atoms with van der Waals surface area (Å²) in [6.07, 6.45) is 2.43. The first kappa shape index (κ1) is 13.1. The topological polar surface area (TPSA) is 48.1 Å². The number of hydrogen-bond donors (Lipinski definition) is 1. The van der Waals surface area contributed by atoms with Gasteiger partial charge in [-0.05, 0) is 24.5 Å². The summed E-state index contributed by atoms with van der Waals surface area (Å²) >= 11 is 0. The molecule has 1 atom stereocenters. The third-order valence-corrected chi connectivity index (χ3v) is 2.51. The van der Waals surface area contributed by atoms with Gasteiger partial charge in [0.15, 0.2) is 0 Å². The van der Waals surface area contributed by atoms with Crippen molar-refractivity contribution >= 4 is 0 Å². The van der Waals surface area contributed by atoms with Crippen molar-refractivity contribution in [1.82, 2.24) is 4.98 Å². The van der Waals surface area contributed by atoms with Crippen LogP contribution in [0.25, 0.3) is 0 Å². The Balaban J connectivity index is 2.31. The second kappa shape index (κ2) is 7.36. The number of nitrogens with two attached hydrogens (primary N) is 1. The molecule has 0 aliphatic heterocycles. The van der Waals surface area contributed by atoms with Crippen molar-refractivity contribution in [1.29, 1.82) is 0 Å². The van der Waals surface area contributed by atoms with E-state index in [-0.39, 0.29) is 0 Å². The van der Waals surface area contributed by atoms with Gasteiger partial charge < -0.3 is 10.5 Å². The Hall–Kier alpha value is -0.930. The number of rotatable bonds is 7. The molecule has 0 fully saturated rings.